The number of amides is 1. The first kappa shape index (κ1) is 22.3. The van der Waals surface area contributed by atoms with Gasteiger partial charge in [-0.3, -0.25) is 4.79 Å². The Labute approximate surface area is 166 Å². The van der Waals surface area contributed by atoms with Gasteiger partial charge in [-0.2, -0.15) is 4.31 Å². The number of benzene rings is 1. The predicted molar refractivity (Wildman–Crippen MR) is 104 cm³/mol. The number of nitrogens with one attached hydrogen (secondary N) is 1. The van der Waals surface area contributed by atoms with Crippen LogP contribution in [0.25, 0.3) is 0 Å². The van der Waals surface area contributed by atoms with E-state index in [1.54, 1.807) is 13.0 Å². The minimum absolute atomic E-state index is 0.0217. The molecule has 1 saturated heterocycles. The maximum absolute atomic E-state index is 12.8. The molecule has 0 saturated carbocycles. The number of morpholine rings is 1. The van der Waals surface area contributed by atoms with Crippen molar-refractivity contribution in [3.63, 3.8) is 0 Å². The number of aryl methyl sites for hydroxylation is 1. The van der Waals surface area contributed by atoms with Crippen LogP contribution in [0, 0.1) is 6.92 Å². The van der Waals surface area contributed by atoms with Gasteiger partial charge in [-0.25, -0.2) is 13.2 Å². The third-order valence-electron chi connectivity index (χ3n) is 4.72. The molecule has 1 heterocycles. The number of rotatable bonds is 8. The fourth-order valence-corrected chi connectivity index (χ4v) is 4.32. The first-order valence-electron chi connectivity index (χ1n) is 9.44. The van der Waals surface area contributed by atoms with Crippen LogP contribution in [0.4, 0.5) is 0 Å². The number of ether oxygens (including phenoxy) is 2. The molecule has 0 spiro atoms. The summed E-state index contributed by atoms with van der Waals surface area (Å²) in [5.41, 5.74) is 0.705. The SMILES string of the molecule is CCC(CC)NC(=O)COC(=O)c1cc(S(=O)(=O)N2CCOCC2)ccc1C. The van der Waals surface area contributed by atoms with Gasteiger partial charge >= 0.3 is 5.97 Å². The quantitative estimate of drug-likeness (QED) is 0.649. The second kappa shape index (κ2) is 9.99. The molecular formula is C19H28N2O6S. The van der Waals surface area contributed by atoms with Gasteiger partial charge in [0.15, 0.2) is 6.61 Å². The lowest BCUT2D eigenvalue weighted by atomic mass is 10.1. The van der Waals surface area contributed by atoms with Gasteiger partial charge in [-0.1, -0.05) is 19.9 Å². The summed E-state index contributed by atoms with van der Waals surface area (Å²) in [4.78, 5) is 24.4. The third kappa shape index (κ3) is 5.52. The summed E-state index contributed by atoms with van der Waals surface area (Å²) in [6.07, 6.45) is 1.58. The Morgan fingerprint density at radius 2 is 1.86 bits per heavy atom. The molecule has 28 heavy (non-hydrogen) atoms. The molecule has 9 heteroatoms. The molecule has 0 aromatic heterocycles. The molecule has 1 aliphatic rings. The van der Waals surface area contributed by atoms with E-state index in [1.807, 2.05) is 13.8 Å². The Hall–Kier alpha value is -1.97. The Bertz CT molecular complexity index is 799. The molecule has 1 amide bonds. The van der Waals surface area contributed by atoms with Crippen LogP contribution < -0.4 is 5.32 Å². The molecule has 0 radical (unpaired) electrons. The van der Waals surface area contributed by atoms with Gasteiger partial charge in [0.25, 0.3) is 5.91 Å². The van der Waals surface area contributed by atoms with Gasteiger partial charge in [-0.05, 0) is 37.5 Å². The van der Waals surface area contributed by atoms with Crippen LogP contribution in [0.1, 0.15) is 42.6 Å². The van der Waals surface area contributed by atoms with Crippen molar-refractivity contribution in [1.29, 1.82) is 0 Å². The van der Waals surface area contributed by atoms with E-state index in [1.165, 1.54) is 16.4 Å². The highest BCUT2D eigenvalue weighted by Gasteiger charge is 2.27. The topological polar surface area (TPSA) is 102 Å². The first-order chi connectivity index (χ1) is 13.3. The lowest BCUT2D eigenvalue weighted by molar-refractivity contribution is -0.125. The van der Waals surface area contributed by atoms with E-state index in [0.717, 1.165) is 12.8 Å². The van der Waals surface area contributed by atoms with Crippen molar-refractivity contribution in [3.05, 3.63) is 29.3 Å². The minimum Gasteiger partial charge on any atom is -0.452 e. The van der Waals surface area contributed by atoms with Crippen molar-refractivity contribution < 1.29 is 27.5 Å². The number of esters is 1. The van der Waals surface area contributed by atoms with Crippen LogP contribution >= 0.6 is 0 Å². The highest BCUT2D eigenvalue weighted by molar-refractivity contribution is 7.89. The van der Waals surface area contributed by atoms with E-state index in [0.29, 0.717) is 18.8 Å². The van der Waals surface area contributed by atoms with Gasteiger partial charge in [0, 0.05) is 19.1 Å². The van der Waals surface area contributed by atoms with E-state index in [4.69, 9.17) is 9.47 Å². The maximum atomic E-state index is 12.8. The molecule has 156 valence electrons. The second-order valence-electron chi connectivity index (χ2n) is 6.65. The molecular weight excluding hydrogens is 384 g/mol. The molecule has 0 aliphatic carbocycles. The van der Waals surface area contributed by atoms with Crippen LogP contribution in [0.5, 0.6) is 0 Å². The Balaban J connectivity index is 2.10. The van der Waals surface area contributed by atoms with Crippen LogP contribution in [-0.2, 0) is 24.3 Å². The zero-order valence-electron chi connectivity index (χ0n) is 16.6. The lowest BCUT2D eigenvalue weighted by Gasteiger charge is -2.26. The molecule has 1 aliphatic heterocycles. The predicted octanol–water partition coefficient (Wildman–Crippen LogP) is 1.48. The van der Waals surface area contributed by atoms with Crippen LogP contribution in [0.3, 0.4) is 0 Å². The van der Waals surface area contributed by atoms with Gasteiger partial charge in [0.2, 0.25) is 10.0 Å². The number of hydrogen-bond donors (Lipinski definition) is 1. The minimum atomic E-state index is -3.72. The number of nitrogens with zero attached hydrogens (tertiary/aromatic N) is 1. The molecule has 2 rings (SSSR count). The fourth-order valence-electron chi connectivity index (χ4n) is 2.89. The van der Waals surface area contributed by atoms with Gasteiger partial charge < -0.3 is 14.8 Å². The summed E-state index contributed by atoms with van der Waals surface area (Å²) in [7, 11) is -3.72. The van der Waals surface area contributed by atoms with E-state index in [9.17, 15) is 18.0 Å². The molecule has 0 atom stereocenters. The normalized spacial score (nSPS) is 15.4. The smallest absolute Gasteiger partial charge is 0.338 e. The van der Waals surface area contributed by atoms with E-state index >= 15 is 0 Å². The molecule has 8 nitrogen and oxygen atoms in total. The number of carbonyl (C=O) groups excluding carboxylic acids is 2. The molecule has 0 bridgehead atoms. The highest BCUT2D eigenvalue weighted by atomic mass is 32.2. The van der Waals surface area contributed by atoms with E-state index < -0.39 is 22.6 Å². The Morgan fingerprint density at radius 3 is 2.46 bits per heavy atom. The summed E-state index contributed by atoms with van der Waals surface area (Å²) >= 11 is 0. The number of sulfonamides is 1. The zero-order valence-corrected chi connectivity index (χ0v) is 17.4. The van der Waals surface area contributed by atoms with Crippen LogP contribution in [0.2, 0.25) is 0 Å². The largest absolute Gasteiger partial charge is 0.452 e. The summed E-state index contributed by atoms with van der Waals surface area (Å²) in [6.45, 7) is 6.42. The third-order valence-corrected chi connectivity index (χ3v) is 6.62. The molecule has 1 aromatic carbocycles. The van der Waals surface area contributed by atoms with Crippen molar-refractivity contribution in [2.45, 2.75) is 44.6 Å². The van der Waals surface area contributed by atoms with E-state index in [2.05, 4.69) is 5.32 Å². The highest BCUT2D eigenvalue weighted by Crippen LogP contribution is 2.21. The van der Waals surface area contributed by atoms with Crippen molar-refractivity contribution in [1.82, 2.24) is 9.62 Å². The molecule has 1 N–H and O–H groups in total. The standard InChI is InChI=1S/C19H28N2O6S/c1-4-15(5-2)20-18(22)13-27-19(23)17-12-16(7-6-14(17)3)28(24,25)21-8-10-26-11-9-21/h6-7,12,15H,4-5,8-11,13H2,1-3H3,(H,20,22). The Kier molecular flexibility index (Phi) is 7.97. The van der Waals surface area contributed by atoms with Gasteiger partial charge in [0.1, 0.15) is 0 Å². The maximum Gasteiger partial charge on any atom is 0.338 e. The van der Waals surface area contributed by atoms with Crippen LogP contribution in [-0.4, -0.2) is 63.6 Å². The van der Waals surface area contributed by atoms with Gasteiger partial charge in [0.05, 0.1) is 23.7 Å². The van der Waals surface area contributed by atoms with Gasteiger partial charge in [-0.15, -0.1) is 0 Å². The lowest BCUT2D eigenvalue weighted by Crippen LogP contribution is -2.40. The molecule has 1 aromatic rings. The van der Waals surface area contributed by atoms with E-state index in [-0.39, 0.29) is 35.5 Å². The second-order valence-corrected chi connectivity index (χ2v) is 8.59. The zero-order chi connectivity index (χ0) is 20.7. The summed E-state index contributed by atoms with van der Waals surface area (Å²) in [6, 6.07) is 4.38. The van der Waals surface area contributed by atoms with Crippen molar-refractivity contribution in [2.75, 3.05) is 32.9 Å². The van der Waals surface area contributed by atoms with Crippen molar-refractivity contribution >= 4 is 21.9 Å². The number of hydrogen-bond acceptors (Lipinski definition) is 6. The summed E-state index contributed by atoms with van der Waals surface area (Å²) in [5, 5.41) is 2.79. The fraction of sp³-hybridized carbons (Fsp3) is 0.579. The Morgan fingerprint density at radius 1 is 1.21 bits per heavy atom. The average molecular weight is 413 g/mol. The summed E-state index contributed by atoms with van der Waals surface area (Å²) < 4.78 is 37.2. The van der Waals surface area contributed by atoms with Crippen LogP contribution in [0.15, 0.2) is 23.1 Å². The first-order valence-corrected chi connectivity index (χ1v) is 10.9. The monoisotopic (exact) mass is 412 g/mol. The number of carbonyl (C=O) groups is 2. The van der Waals surface area contributed by atoms with Crippen molar-refractivity contribution in [3.8, 4) is 0 Å². The molecule has 0 unspecified atom stereocenters. The van der Waals surface area contributed by atoms with Crippen molar-refractivity contribution in [2.24, 2.45) is 0 Å². The molecule has 1 fully saturated rings. The average Bonchev–Trinajstić information content (AvgIpc) is 2.71. The summed E-state index contributed by atoms with van der Waals surface area (Å²) in [5.74, 6) is -1.10.